The molecule has 4 fully saturated rings. The van der Waals surface area contributed by atoms with Gasteiger partial charge in [0.1, 0.15) is 5.41 Å². The van der Waals surface area contributed by atoms with Crippen molar-refractivity contribution in [3.05, 3.63) is 71.1 Å². The quantitative estimate of drug-likeness (QED) is 0.114. The van der Waals surface area contributed by atoms with Crippen molar-refractivity contribution in [2.75, 3.05) is 79.9 Å². The molecule has 9 rings (SSSR count). The number of nitrogens with zero attached hydrogens (tertiary/aromatic N) is 3. The van der Waals surface area contributed by atoms with Crippen molar-refractivity contribution < 1.29 is 52.4 Å². The molecule has 17 heteroatoms. The SMILES string of the molecule is CCOP(=O)(CCNC(=O)[C@@]1(O)[C@H](OC(C)=O)[C@]2(CC)C=CCN3CC[C@@]4(C5=CC([C@@]6(C(=O)OC)C[C@H]7CN(CCc8c6[nH]c6ccccc86)C[C@](O)(CC)C7)C(OC)C=C5N(C)[C@@H]14)[C@@H]32)OCC. The number of aromatic nitrogens is 1. The number of amides is 1. The van der Waals surface area contributed by atoms with Crippen LogP contribution in [-0.2, 0) is 54.0 Å². The van der Waals surface area contributed by atoms with E-state index >= 15 is 9.59 Å². The second-order valence-electron chi connectivity index (χ2n) is 20.5. The number of carbonyl (C=O) groups excluding carboxylic acids is 3. The van der Waals surface area contributed by atoms with Gasteiger partial charge in [0, 0.05) is 98.9 Å². The molecule has 2 aromatic rings. The van der Waals surface area contributed by atoms with E-state index in [0.717, 1.165) is 33.4 Å². The average Bonchev–Trinajstić information content (AvgIpc) is 3.98. The molecule has 3 unspecified atom stereocenters. The largest absolute Gasteiger partial charge is 0.468 e. The lowest BCUT2D eigenvalue weighted by Crippen LogP contribution is -2.80. The van der Waals surface area contributed by atoms with Gasteiger partial charge >= 0.3 is 19.5 Å². The maximum atomic E-state index is 15.5. The highest BCUT2D eigenvalue weighted by Gasteiger charge is 2.81. The van der Waals surface area contributed by atoms with E-state index in [2.05, 4.69) is 50.5 Å². The molecule has 4 N–H and O–H groups in total. The number of fused-ring (bicyclic) bond motifs is 6. The number of rotatable bonds is 14. The van der Waals surface area contributed by atoms with Crippen LogP contribution in [0, 0.1) is 22.7 Å². The number of aliphatic hydroxyl groups is 2. The number of aromatic amines is 1. The summed E-state index contributed by atoms with van der Waals surface area (Å²) in [6.07, 6.45) is 9.23. The fraction of sp³-hybridized carbons (Fsp3) is 0.667. The third-order valence-electron chi connectivity index (χ3n) is 17.2. The molecule has 372 valence electrons. The van der Waals surface area contributed by atoms with Gasteiger partial charge in [-0.25, -0.2) is 0 Å². The molecule has 1 spiro atoms. The molecule has 0 radical (unpaired) electrons. The number of piperidine rings is 1. The van der Waals surface area contributed by atoms with E-state index in [4.69, 9.17) is 23.3 Å². The summed E-state index contributed by atoms with van der Waals surface area (Å²) in [6, 6.07) is 6.82. The molecule has 5 aliphatic heterocycles. The minimum atomic E-state index is -3.59. The zero-order valence-corrected chi connectivity index (χ0v) is 41.9. The van der Waals surface area contributed by atoms with Gasteiger partial charge in [-0.15, -0.1) is 0 Å². The van der Waals surface area contributed by atoms with Gasteiger partial charge in [-0.3, -0.25) is 28.7 Å². The summed E-state index contributed by atoms with van der Waals surface area (Å²) in [4.78, 5) is 54.8. The number of hydrogen-bond acceptors (Lipinski definition) is 14. The van der Waals surface area contributed by atoms with Crippen LogP contribution in [0.3, 0.4) is 0 Å². The van der Waals surface area contributed by atoms with Gasteiger partial charge in [-0.1, -0.05) is 50.3 Å². The first kappa shape index (κ1) is 49.1. The van der Waals surface area contributed by atoms with E-state index in [1.165, 1.54) is 14.0 Å². The predicted octanol–water partition coefficient (Wildman–Crippen LogP) is 4.84. The first-order valence-electron chi connectivity index (χ1n) is 24.8. The van der Waals surface area contributed by atoms with Gasteiger partial charge in [-0.2, -0.15) is 0 Å². The van der Waals surface area contributed by atoms with Gasteiger partial charge in [0.2, 0.25) is 5.60 Å². The highest BCUT2D eigenvalue weighted by Crippen LogP contribution is 2.70. The number of likely N-dealkylation sites (tertiary alicyclic amines) is 1. The molecule has 16 nitrogen and oxygen atoms in total. The van der Waals surface area contributed by atoms with Crippen molar-refractivity contribution in [3.63, 3.8) is 0 Å². The number of H-pyrrole nitrogens is 1. The molecule has 12 atom stereocenters. The lowest BCUT2D eigenvalue weighted by molar-refractivity contribution is -0.233. The smallest absolute Gasteiger partial charge is 0.332 e. The maximum Gasteiger partial charge on any atom is 0.332 e. The van der Waals surface area contributed by atoms with Crippen LogP contribution in [0.4, 0.5) is 0 Å². The Morgan fingerprint density at radius 3 is 2.41 bits per heavy atom. The monoisotopic (exact) mass is 961 g/mol. The third-order valence-corrected chi connectivity index (χ3v) is 19.3. The fourth-order valence-corrected chi connectivity index (χ4v) is 16.3. The van der Waals surface area contributed by atoms with Crippen molar-refractivity contribution in [2.45, 2.75) is 114 Å². The molecule has 2 bridgehead atoms. The highest BCUT2D eigenvalue weighted by molar-refractivity contribution is 7.53. The van der Waals surface area contributed by atoms with Crippen molar-refractivity contribution in [1.29, 1.82) is 0 Å². The van der Waals surface area contributed by atoms with Gasteiger partial charge in [0.25, 0.3) is 5.91 Å². The van der Waals surface area contributed by atoms with Crippen LogP contribution in [0.5, 0.6) is 0 Å². The van der Waals surface area contributed by atoms with Crippen LogP contribution >= 0.6 is 7.60 Å². The Labute approximate surface area is 400 Å². The second kappa shape index (κ2) is 18.1. The second-order valence-corrected chi connectivity index (χ2v) is 22.7. The molecule has 2 aliphatic carbocycles. The number of likely N-dealkylation sites (N-methyl/N-ethyl adjacent to an activating group) is 1. The zero-order chi connectivity index (χ0) is 48.6. The number of methoxy groups -OCH3 is 2. The lowest BCUT2D eigenvalue weighted by Gasteiger charge is -2.63. The summed E-state index contributed by atoms with van der Waals surface area (Å²) < 4.78 is 43.6. The van der Waals surface area contributed by atoms with Crippen LogP contribution in [0.25, 0.3) is 10.9 Å². The standard InChI is InChI=1S/C51H72N5O11P/c1-9-47(60)28-33-29-50(46(59)64-8,41-35(18-23-55(30-33)31-47)34-16-13-14-17-38(34)53-41)37-26-36-39(27-40(37)63-7)54(6)43-49(36)20-24-56-22-15-19-48(10-2,42(49)56)44(67-32(5)57)51(43,61)45(58)52-21-25-68(62,65-11-3)66-12-4/h13-17,19,26-27,33,37,40,42-44,53,60-61H,9-12,18,20-25,28-31H2,1-8H3,(H,52,58)/t33-,37?,40?,42-,43+,44+,47-,48+,49+,50-,51-/m0/s1. The lowest BCUT2D eigenvalue weighted by atomic mass is 9.47. The topological polar surface area (TPSA) is 192 Å². The molecule has 1 saturated carbocycles. The van der Waals surface area contributed by atoms with Gasteiger partial charge in [0.15, 0.2) is 6.10 Å². The molecular formula is C51H72N5O11P. The fourth-order valence-electron chi connectivity index (χ4n) is 14.8. The summed E-state index contributed by atoms with van der Waals surface area (Å²) >= 11 is 0. The Morgan fingerprint density at radius 1 is 0.985 bits per heavy atom. The molecule has 1 aromatic heterocycles. The molecule has 1 amide bonds. The normalized spacial score (nSPS) is 37.4. The van der Waals surface area contributed by atoms with E-state index in [1.54, 1.807) is 21.0 Å². The molecule has 7 aliphatic rings. The molecule has 1 aromatic carbocycles. The summed E-state index contributed by atoms with van der Waals surface area (Å²) in [5.41, 5.74) is -2.32. The van der Waals surface area contributed by atoms with Gasteiger partial charge in [0.05, 0.1) is 44.2 Å². The number of benzene rings is 1. The zero-order valence-electron chi connectivity index (χ0n) is 41.0. The highest BCUT2D eigenvalue weighted by atomic mass is 31.2. The van der Waals surface area contributed by atoms with Crippen molar-refractivity contribution in [2.24, 2.45) is 22.7 Å². The van der Waals surface area contributed by atoms with Crippen molar-refractivity contribution in [1.82, 2.24) is 25.0 Å². The molecule has 3 saturated heterocycles. The Hall–Kier alpha value is -3.86. The van der Waals surface area contributed by atoms with Crippen LogP contribution in [0.2, 0.25) is 0 Å². The van der Waals surface area contributed by atoms with Gasteiger partial charge < -0.3 is 48.7 Å². The predicted molar refractivity (Wildman–Crippen MR) is 256 cm³/mol. The van der Waals surface area contributed by atoms with E-state index in [0.29, 0.717) is 71.2 Å². The number of nitrogens with one attached hydrogen (secondary N) is 2. The minimum Gasteiger partial charge on any atom is -0.468 e. The van der Waals surface area contributed by atoms with Crippen LogP contribution in [0.1, 0.15) is 78.0 Å². The number of ether oxygens (including phenoxy) is 3. The molecule has 68 heavy (non-hydrogen) atoms. The maximum absolute atomic E-state index is 15.5. The van der Waals surface area contributed by atoms with Gasteiger partial charge in [-0.05, 0) is 88.1 Å². The van der Waals surface area contributed by atoms with E-state index in [1.807, 2.05) is 44.0 Å². The third kappa shape index (κ3) is 7.24. The Kier molecular flexibility index (Phi) is 13.1. The van der Waals surface area contributed by atoms with Crippen LogP contribution in [-0.4, -0.2) is 163 Å². The Balaban J connectivity index is 1.27. The van der Waals surface area contributed by atoms with Crippen molar-refractivity contribution in [3.8, 4) is 0 Å². The first-order valence-corrected chi connectivity index (χ1v) is 26.5. The number of carbonyl (C=O) groups is 3. The summed E-state index contributed by atoms with van der Waals surface area (Å²) in [5.74, 6) is -2.58. The van der Waals surface area contributed by atoms with E-state index in [-0.39, 0.29) is 37.9 Å². The van der Waals surface area contributed by atoms with Crippen LogP contribution < -0.4 is 5.32 Å². The Morgan fingerprint density at radius 2 is 1.74 bits per heavy atom. The number of para-hydroxylation sites is 1. The van der Waals surface area contributed by atoms with E-state index in [9.17, 15) is 19.6 Å². The summed E-state index contributed by atoms with van der Waals surface area (Å²) in [5, 5.41) is 30.0. The average molecular weight is 962 g/mol. The van der Waals surface area contributed by atoms with E-state index < -0.39 is 77.1 Å². The van der Waals surface area contributed by atoms with Crippen molar-refractivity contribution >= 4 is 36.3 Å². The number of hydrogen-bond donors (Lipinski definition) is 4. The molecular weight excluding hydrogens is 890 g/mol. The summed E-state index contributed by atoms with van der Waals surface area (Å²) in [6.45, 7) is 12.1. The number of allylic oxidation sites excluding steroid dienone is 1. The Bertz CT molecular complexity index is 2450. The number of esters is 2. The summed E-state index contributed by atoms with van der Waals surface area (Å²) in [7, 11) is 1.38. The first-order chi connectivity index (χ1) is 32.5. The molecule has 6 heterocycles. The minimum absolute atomic E-state index is 0.101. The van der Waals surface area contributed by atoms with Crippen LogP contribution in [0.15, 0.2) is 59.8 Å².